The molecule has 3 atom stereocenters. The number of rotatable bonds is 6. The Balaban J connectivity index is 1.38. The summed E-state index contributed by atoms with van der Waals surface area (Å²) in [5.74, 6) is -1.50. The van der Waals surface area contributed by atoms with Crippen molar-refractivity contribution in [2.75, 3.05) is 19.0 Å². The van der Waals surface area contributed by atoms with Crippen molar-refractivity contribution < 1.29 is 27.4 Å². The number of para-hydroxylation sites is 1. The molecule has 0 spiro atoms. The predicted octanol–water partition coefficient (Wildman–Crippen LogP) is 4.53. The molecule has 206 valence electrons. The third-order valence-electron chi connectivity index (χ3n) is 6.63. The Labute approximate surface area is 227 Å². The van der Waals surface area contributed by atoms with E-state index in [1.807, 2.05) is 42.5 Å². The quantitative estimate of drug-likeness (QED) is 0.264. The molecule has 3 aromatic rings. The fourth-order valence-electron chi connectivity index (χ4n) is 4.62. The van der Waals surface area contributed by atoms with E-state index >= 15 is 0 Å². The Morgan fingerprint density at radius 3 is 2.58 bits per heavy atom. The van der Waals surface area contributed by atoms with E-state index in [0.29, 0.717) is 36.2 Å². The van der Waals surface area contributed by atoms with Gasteiger partial charge in [-0.2, -0.15) is 13.2 Å². The van der Waals surface area contributed by atoms with Crippen LogP contribution in [0.4, 0.5) is 18.9 Å². The third kappa shape index (κ3) is 5.71. The Morgan fingerprint density at radius 2 is 1.85 bits per heavy atom. The number of fused-ring (bicyclic) bond motifs is 1. The maximum atomic E-state index is 13.4. The molecule has 1 aromatic heterocycles. The van der Waals surface area contributed by atoms with Crippen LogP contribution in [0.2, 0.25) is 0 Å². The van der Waals surface area contributed by atoms with E-state index in [9.17, 15) is 18.0 Å². The van der Waals surface area contributed by atoms with E-state index in [0.717, 1.165) is 11.6 Å². The molecule has 1 aliphatic heterocycles. The van der Waals surface area contributed by atoms with Crippen molar-refractivity contribution >= 4 is 29.2 Å². The molecule has 0 bridgehead atoms. The first-order valence-corrected chi connectivity index (χ1v) is 12.4. The van der Waals surface area contributed by atoms with Crippen LogP contribution >= 0.6 is 0 Å². The maximum Gasteiger partial charge on any atom is 0.417 e. The molecule has 12 heteroatoms. The van der Waals surface area contributed by atoms with Gasteiger partial charge in [-0.15, -0.1) is 0 Å². The highest BCUT2D eigenvalue weighted by molar-refractivity contribution is 6.19. The fraction of sp³-hybridized carbons (Fsp3) is 0.250. The molecule has 2 aliphatic rings. The topological polar surface area (TPSA) is 133 Å². The van der Waals surface area contributed by atoms with Gasteiger partial charge in [0.05, 0.1) is 17.0 Å². The van der Waals surface area contributed by atoms with Gasteiger partial charge in [0.25, 0.3) is 11.9 Å². The lowest BCUT2D eigenvalue weighted by molar-refractivity contribution is -0.137. The standard InChI is InChI=1S/C28H25F3N6O3/c1-39-14-16-11-19(16)20-12-17(28(29,30)31)13-34-23(20)24(32)40-27(33)37-25-26(38)35-21-10-6-5-9-18(21)22(36-25)15-7-3-2-4-8-15/h2-10,12-13,16,19,25,32H,11,14H2,1H3,(H2,33,37)(H,35,38)/t16-,19+,25+/m0/s1. The number of benzene rings is 2. The molecular formula is C28H25F3N6O3. The third-order valence-corrected chi connectivity index (χ3v) is 6.63. The average Bonchev–Trinajstić information content (AvgIpc) is 3.71. The molecule has 0 unspecified atom stereocenters. The molecule has 40 heavy (non-hydrogen) atoms. The number of nitrogens with zero attached hydrogens (tertiary/aromatic N) is 2. The number of ether oxygens (including phenoxy) is 2. The van der Waals surface area contributed by atoms with Gasteiger partial charge in [-0.1, -0.05) is 48.5 Å². The van der Waals surface area contributed by atoms with Gasteiger partial charge in [0.1, 0.15) is 5.69 Å². The monoisotopic (exact) mass is 550 g/mol. The van der Waals surface area contributed by atoms with Gasteiger partial charge in [-0.05, 0) is 36.0 Å². The number of anilines is 1. The second-order valence-corrected chi connectivity index (χ2v) is 9.40. The number of methoxy groups -OCH3 is 1. The minimum Gasteiger partial charge on any atom is -0.405 e. The Morgan fingerprint density at radius 1 is 1.12 bits per heavy atom. The summed E-state index contributed by atoms with van der Waals surface area (Å²) in [5, 5.41) is 22.0. The van der Waals surface area contributed by atoms with Gasteiger partial charge in [-0.3, -0.25) is 20.6 Å². The molecule has 5 rings (SSSR count). The van der Waals surface area contributed by atoms with Crippen molar-refractivity contribution in [3.63, 3.8) is 0 Å². The highest BCUT2D eigenvalue weighted by atomic mass is 19.4. The first-order chi connectivity index (χ1) is 19.2. The highest BCUT2D eigenvalue weighted by Crippen LogP contribution is 2.49. The summed E-state index contributed by atoms with van der Waals surface area (Å²) in [7, 11) is 1.51. The van der Waals surface area contributed by atoms with Gasteiger partial charge in [0.15, 0.2) is 0 Å². The number of halogens is 3. The first kappa shape index (κ1) is 27.0. The number of aromatic nitrogens is 1. The lowest BCUT2D eigenvalue weighted by Crippen LogP contribution is -2.43. The van der Waals surface area contributed by atoms with Crippen molar-refractivity contribution in [1.29, 1.82) is 10.8 Å². The first-order valence-electron chi connectivity index (χ1n) is 12.4. The summed E-state index contributed by atoms with van der Waals surface area (Å²) >= 11 is 0. The van der Waals surface area contributed by atoms with Crippen LogP contribution in [-0.2, 0) is 20.4 Å². The van der Waals surface area contributed by atoms with Gasteiger partial charge in [0.2, 0.25) is 12.1 Å². The number of amidine groups is 1. The number of carbonyl (C=O) groups excluding carboxylic acids is 1. The average molecular weight is 551 g/mol. The zero-order valence-corrected chi connectivity index (χ0v) is 21.3. The highest BCUT2D eigenvalue weighted by Gasteiger charge is 2.42. The second-order valence-electron chi connectivity index (χ2n) is 9.40. The lowest BCUT2D eigenvalue weighted by Gasteiger charge is -2.17. The van der Waals surface area contributed by atoms with Crippen LogP contribution in [0.5, 0.6) is 0 Å². The summed E-state index contributed by atoms with van der Waals surface area (Å²) in [4.78, 5) is 21.4. The van der Waals surface area contributed by atoms with E-state index in [4.69, 9.17) is 20.3 Å². The Hall–Kier alpha value is -4.58. The van der Waals surface area contributed by atoms with E-state index in [-0.39, 0.29) is 23.1 Å². The number of benzodiazepines with no additional fused rings is 1. The van der Waals surface area contributed by atoms with Crippen LogP contribution in [0.25, 0.3) is 0 Å². The van der Waals surface area contributed by atoms with Gasteiger partial charge in [-0.25, -0.2) is 4.99 Å². The molecule has 1 amide bonds. The number of nitrogens with one attached hydrogen (secondary N) is 4. The number of aliphatic imine (C=N–C) groups is 1. The minimum atomic E-state index is -4.61. The number of carbonyl (C=O) groups is 1. The van der Waals surface area contributed by atoms with Crippen molar-refractivity contribution in [2.45, 2.75) is 24.7 Å². The minimum absolute atomic E-state index is 0.0125. The summed E-state index contributed by atoms with van der Waals surface area (Å²) in [6.45, 7) is 0.354. The Kier molecular flexibility index (Phi) is 7.35. The summed E-state index contributed by atoms with van der Waals surface area (Å²) < 4.78 is 50.6. The van der Waals surface area contributed by atoms with Crippen LogP contribution in [0.3, 0.4) is 0 Å². The summed E-state index contributed by atoms with van der Waals surface area (Å²) in [5.41, 5.74) is 1.60. The summed E-state index contributed by atoms with van der Waals surface area (Å²) in [6, 6.07) is 16.6. The van der Waals surface area contributed by atoms with Crippen LogP contribution in [0, 0.1) is 16.7 Å². The van der Waals surface area contributed by atoms with Crippen molar-refractivity contribution in [1.82, 2.24) is 10.3 Å². The smallest absolute Gasteiger partial charge is 0.405 e. The molecule has 2 aromatic carbocycles. The molecule has 1 aliphatic carbocycles. The predicted molar refractivity (Wildman–Crippen MR) is 142 cm³/mol. The van der Waals surface area contributed by atoms with Gasteiger partial charge >= 0.3 is 6.18 Å². The SMILES string of the molecule is COC[C@@H]1C[C@H]1c1cc(C(F)(F)F)cnc1C(=N)OC(=N)N[C@H]1N=C(c2ccccc2)c2ccccc2NC1=O. The second kappa shape index (κ2) is 10.9. The van der Waals surface area contributed by atoms with Crippen molar-refractivity contribution in [2.24, 2.45) is 10.9 Å². The van der Waals surface area contributed by atoms with E-state index in [1.165, 1.54) is 7.11 Å². The zero-order valence-electron chi connectivity index (χ0n) is 21.3. The van der Waals surface area contributed by atoms with Gasteiger partial charge in [0, 0.05) is 31.0 Å². The molecule has 0 saturated heterocycles. The molecule has 1 saturated carbocycles. The van der Waals surface area contributed by atoms with Crippen LogP contribution < -0.4 is 10.6 Å². The lowest BCUT2D eigenvalue weighted by atomic mass is 10.0. The molecule has 0 radical (unpaired) electrons. The van der Waals surface area contributed by atoms with Crippen molar-refractivity contribution in [3.05, 3.63) is 94.8 Å². The number of amides is 1. The fourth-order valence-corrected chi connectivity index (χ4v) is 4.62. The van der Waals surface area contributed by atoms with Crippen LogP contribution in [0.1, 0.15) is 40.3 Å². The van der Waals surface area contributed by atoms with Crippen molar-refractivity contribution in [3.8, 4) is 0 Å². The molecule has 4 N–H and O–H groups in total. The largest absolute Gasteiger partial charge is 0.417 e. The molecule has 1 fully saturated rings. The van der Waals surface area contributed by atoms with Crippen LogP contribution in [-0.4, -0.2) is 48.4 Å². The number of alkyl halides is 3. The zero-order chi connectivity index (χ0) is 28.4. The van der Waals surface area contributed by atoms with Crippen LogP contribution in [0.15, 0.2) is 71.9 Å². The molecule has 2 heterocycles. The number of hydrogen-bond acceptors (Lipinski definition) is 7. The number of pyridine rings is 1. The van der Waals surface area contributed by atoms with E-state index < -0.39 is 35.7 Å². The Bertz CT molecular complexity index is 1490. The van der Waals surface area contributed by atoms with E-state index in [2.05, 4.69) is 20.6 Å². The summed E-state index contributed by atoms with van der Waals surface area (Å²) in [6.07, 6.45) is -4.69. The number of hydrogen-bond donors (Lipinski definition) is 4. The molecular weight excluding hydrogens is 525 g/mol. The van der Waals surface area contributed by atoms with Gasteiger partial charge < -0.3 is 20.1 Å². The maximum absolute atomic E-state index is 13.4. The normalized spacial score (nSPS) is 19.9. The van der Waals surface area contributed by atoms with E-state index in [1.54, 1.807) is 12.1 Å². The molecule has 9 nitrogen and oxygen atoms in total.